The van der Waals surface area contributed by atoms with Crippen molar-refractivity contribution in [1.82, 2.24) is 0 Å². The number of nitrogens with one attached hydrogen (secondary N) is 1. The molecule has 0 fully saturated rings. The third-order valence-corrected chi connectivity index (χ3v) is 3.82. The predicted octanol–water partition coefficient (Wildman–Crippen LogP) is 5.91. The van der Waals surface area contributed by atoms with E-state index >= 15 is 0 Å². The van der Waals surface area contributed by atoms with Crippen LogP contribution in [0.25, 0.3) is 0 Å². The summed E-state index contributed by atoms with van der Waals surface area (Å²) in [6.07, 6.45) is 2.25. The van der Waals surface area contributed by atoms with E-state index < -0.39 is 0 Å². The van der Waals surface area contributed by atoms with Gasteiger partial charge in [0.1, 0.15) is 0 Å². The van der Waals surface area contributed by atoms with E-state index in [1.807, 2.05) is 12.1 Å². The van der Waals surface area contributed by atoms with Crippen molar-refractivity contribution in [2.75, 3.05) is 5.32 Å². The molecular weight excluding hydrogens is 266 g/mol. The van der Waals surface area contributed by atoms with Crippen molar-refractivity contribution in [3.05, 3.63) is 64.2 Å². The summed E-state index contributed by atoms with van der Waals surface area (Å²) in [6.45, 7) is 6.49. The topological polar surface area (TPSA) is 12.0 Å². The first-order valence-electron chi connectivity index (χ1n) is 7.19. The number of rotatable bonds is 5. The van der Waals surface area contributed by atoms with Crippen LogP contribution < -0.4 is 5.32 Å². The maximum Gasteiger partial charge on any atom is 0.0513 e. The lowest BCUT2D eigenvalue weighted by molar-refractivity contribution is 0.677. The van der Waals surface area contributed by atoms with Gasteiger partial charge in [-0.25, -0.2) is 0 Å². The quantitative estimate of drug-likeness (QED) is 0.721. The summed E-state index contributed by atoms with van der Waals surface area (Å²) < 4.78 is 0. The Morgan fingerprint density at radius 3 is 2.40 bits per heavy atom. The lowest BCUT2D eigenvalue weighted by Gasteiger charge is -2.21. The molecule has 2 rings (SSSR count). The molecule has 0 bridgehead atoms. The Bertz CT molecular complexity index is 560. The Kier molecular flexibility index (Phi) is 5.08. The first kappa shape index (κ1) is 14.9. The van der Waals surface area contributed by atoms with Crippen LogP contribution in [0.15, 0.2) is 42.5 Å². The molecule has 0 radical (unpaired) electrons. The van der Waals surface area contributed by atoms with Gasteiger partial charge >= 0.3 is 0 Å². The van der Waals surface area contributed by atoms with E-state index in [2.05, 4.69) is 56.4 Å². The van der Waals surface area contributed by atoms with Gasteiger partial charge in [0.2, 0.25) is 0 Å². The molecule has 1 atom stereocenters. The van der Waals surface area contributed by atoms with Crippen molar-refractivity contribution >= 4 is 17.3 Å². The Morgan fingerprint density at radius 1 is 1.05 bits per heavy atom. The molecule has 1 N–H and O–H groups in total. The predicted molar refractivity (Wildman–Crippen MR) is 88.6 cm³/mol. The van der Waals surface area contributed by atoms with Gasteiger partial charge in [-0.3, -0.25) is 0 Å². The minimum absolute atomic E-state index is 0.331. The molecule has 0 heterocycles. The molecule has 2 aromatic carbocycles. The summed E-state index contributed by atoms with van der Waals surface area (Å²) in [5.74, 6) is 0. The molecule has 0 aliphatic carbocycles. The number of hydrogen-bond acceptors (Lipinski definition) is 1. The van der Waals surface area contributed by atoms with E-state index in [0.717, 1.165) is 17.9 Å². The molecule has 0 spiro atoms. The SMILES string of the molecule is CCCC(Nc1cc(C)ccc1C)c1ccc(Cl)cc1. The molecule has 0 aromatic heterocycles. The molecular formula is C18H22ClN. The highest BCUT2D eigenvalue weighted by atomic mass is 35.5. The molecule has 0 amide bonds. The van der Waals surface area contributed by atoms with E-state index in [-0.39, 0.29) is 0 Å². The van der Waals surface area contributed by atoms with Crippen LogP contribution in [0.5, 0.6) is 0 Å². The van der Waals surface area contributed by atoms with Crippen LogP contribution in [0.4, 0.5) is 5.69 Å². The highest BCUT2D eigenvalue weighted by Crippen LogP contribution is 2.27. The van der Waals surface area contributed by atoms with Crippen molar-refractivity contribution in [3.63, 3.8) is 0 Å². The average molecular weight is 288 g/mol. The summed E-state index contributed by atoms with van der Waals surface area (Å²) >= 11 is 5.98. The van der Waals surface area contributed by atoms with Gasteiger partial charge in [-0.15, -0.1) is 0 Å². The summed E-state index contributed by atoms with van der Waals surface area (Å²) in [7, 11) is 0. The van der Waals surface area contributed by atoms with Crippen molar-refractivity contribution in [2.45, 2.75) is 39.7 Å². The van der Waals surface area contributed by atoms with Gasteiger partial charge in [0.15, 0.2) is 0 Å². The number of aryl methyl sites for hydroxylation is 2. The van der Waals surface area contributed by atoms with Gasteiger partial charge in [0.25, 0.3) is 0 Å². The van der Waals surface area contributed by atoms with Gasteiger partial charge < -0.3 is 5.32 Å². The van der Waals surface area contributed by atoms with Crippen LogP contribution >= 0.6 is 11.6 Å². The van der Waals surface area contributed by atoms with E-state index in [9.17, 15) is 0 Å². The van der Waals surface area contributed by atoms with Crippen molar-refractivity contribution in [1.29, 1.82) is 0 Å². The Hall–Kier alpha value is -1.47. The number of benzene rings is 2. The largest absolute Gasteiger partial charge is 0.378 e. The molecule has 0 saturated heterocycles. The highest BCUT2D eigenvalue weighted by Gasteiger charge is 2.11. The summed E-state index contributed by atoms with van der Waals surface area (Å²) in [6, 6.07) is 15.0. The molecule has 2 aromatic rings. The smallest absolute Gasteiger partial charge is 0.0513 e. The first-order valence-corrected chi connectivity index (χ1v) is 7.57. The van der Waals surface area contributed by atoms with Crippen LogP contribution in [-0.2, 0) is 0 Å². The van der Waals surface area contributed by atoms with Crippen molar-refractivity contribution in [3.8, 4) is 0 Å². The van der Waals surface area contributed by atoms with Crippen LogP contribution in [0.2, 0.25) is 5.02 Å². The van der Waals surface area contributed by atoms with Gasteiger partial charge in [0, 0.05) is 10.7 Å². The Balaban J connectivity index is 2.25. The van der Waals surface area contributed by atoms with E-state index in [0.29, 0.717) is 6.04 Å². The van der Waals surface area contributed by atoms with E-state index in [1.165, 1.54) is 22.4 Å². The molecule has 0 saturated carbocycles. The second kappa shape index (κ2) is 6.81. The van der Waals surface area contributed by atoms with Crippen LogP contribution in [-0.4, -0.2) is 0 Å². The fraction of sp³-hybridized carbons (Fsp3) is 0.333. The zero-order valence-electron chi connectivity index (χ0n) is 12.4. The monoisotopic (exact) mass is 287 g/mol. The van der Waals surface area contributed by atoms with Gasteiger partial charge in [-0.1, -0.05) is 49.2 Å². The zero-order valence-corrected chi connectivity index (χ0v) is 13.2. The fourth-order valence-electron chi connectivity index (χ4n) is 2.38. The summed E-state index contributed by atoms with van der Waals surface area (Å²) in [5, 5.41) is 4.47. The average Bonchev–Trinajstić information content (AvgIpc) is 2.43. The second-order valence-corrected chi connectivity index (χ2v) is 5.79. The molecule has 1 unspecified atom stereocenters. The minimum Gasteiger partial charge on any atom is -0.378 e. The van der Waals surface area contributed by atoms with Crippen LogP contribution in [0, 0.1) is 13.8 Å². The number of hydrogen-bond donors (Lipinski definition) is 1. The molecule has 1 nitrogen and oxygen atoms in total. The molecule has 20 heavy (non-hydrogen) atoms. The third kappa shape index (κ3) is 3.77. The van der Waals surface area contributed by atoms with Gasteiger partial charge in [0.05, 0.1) is 6.04 Å². The van der Waals surface area contributed by atoms with E-state index in [4.69, 9.17) is 11.6 Å². The highest BCUT2D eigenvalue weighted by molar-refractivity contribution is 6.30. The third-order valence-electron chi connectivity index (χ3n) is 3.57. The molecule has 106 valence electrons. The lowest BCUT2D eigenvalue weighted by atomic mass is 10.0. The van der Waals surface area contributed by atoms with Gasteiger partial charge in [-0.05, 0) is 55.2 Å². The Morgan fingerprint density at radius 2 is 1.75 bits per heavy atom. The maximum atomic E-state index is 5.98. The summed E-state index contributed by atoms with van der Waals surface area (Å²) in [5.41, 5.74) is 5.07. The molecule has 0 aliphatic heterocycles. The van der Waals surface area contributed by atoms with Crippen LogP contribution in [0.3, 0.4) is 0 Å². The lowest BCUT2D eigenvalue weighted by Crippen LogP contribution is -2.11. The second-order valence-electron chi connectivity index (χ2n) is 5.36. The Labute approximate surface area is 127 Å². The maximum absolute atomic E-state index is 5.98. The number of halogens is 1. The van der Waals surface area contributed by atoms with Crippen LogP contribution in [0.1, 0.15) is 42.5 Å². The number of anilines is 1. The van der Waals surface area contributed by atoms with Gasteiger partial charge in [-0.2, -0.15) is 0 Å². The minimum atomic E-state index is 0.331. The fourth-order valence-corrected chi connectivity index (χ4v) is 2.51. The molecule has 2 heteroatoms. The summed E-state index contributed by atoms with van der Waals surface area (Å²) in [4.78, 5) is 0. The van der Waals surface area contributed by atoms with Crippen molar-refractivity contribution in [2.24, 2.45) is 0 Å². The first-order chi connectivity index (χ1) is 9.60. The zero-order chi connectivity index (χ0) is 14.5. The van der Waals surface area contributed by atoms with E-state index in [1.54, 1.807) is 0 Å². The standard InChI is InChI=1S/C18H22ClN/c1-4-5-17(15-8-10-16(19)11-9-15)20-18-12-13(2)6-7-14(18)3/h6-12,17,20H,4-5H2,1-3H3. The van der Waals surface area contributed by atoms with Crippen molar-refractivity contribution < 1.29 is 0 Å². The normalized spacial score (nSPS) is 12.2. The molecule has 0 aliphatic rings.